The maximum absolute atomic E-state index is 5.91. The monoisotopic (exact) mass is 450 g/mol. The molecular weight excluding hydrogens is 400 g/mol. The minimum Gasteiger partial charge on any atom is -0.329 e. The highest BCUT2D eigenvalue weighted by Gasteiger charge is 2.34. The highest BCUT2D eigenvalue weighted by Crippen LogP contribution is 2.26. The Balaban J connectivity index is 4.68. The van der Waals surface area contributed by atoms with Crippen molar-refractivity contribution in [1.29, 1.82) is 0 Å². The lowest BCUT2D eigenvalue weighted by atomic mass is 10.1. The second-order valence-electron chi connectivity index (χ2n) is 7.45. The summed E-state index contributed by atoms with van der Waals surface area (Å²) in [5.74, 6) is -2.15. The summed E-state index contributed by atoms with van der Waals surface area (Å²) in [6.45, 7) is 14.1. The Kier molecular flexibility index (Phi) is 20.2. The zero-order valence-electron chi connectivity index (χ0n) is 21.2. The van der Waals surface area contributed by atoms with Crippen LogP contribution in [0.4, 0.5) is 0 Å². The van der Waals surface area contributed by atoms with Gasteiger partial charge >= 0.3 is 0 Å². The van der Waals surface area contributed by atoms with E-state index in [1.54, 1.807) is 0 Å². The molecule has 0 spiro atoms. The Hall–Kier alpha value is -0.280. The van der Waals surface area contributed by atoms with Crippen LogP contribution < -0.4 is 0 Å². The van der Waals surface area contributed by atoms with Crippen LogP contribution in [0.3, 0.4) is 0 Å². The number of hydrogen-bond donors (Lipinski definition) is 0. The first-order chi connectivity index (χ1) is 15.1. The van der Waals surface area contributed by atoms with Gasteiger partial charge in [0.25, 0.3) is 11.9 Å². The van der Waals surface area contributed by atoms with Gasteiger partial charge in [0.1, 0.15) is 0 Å². The molecule has 188 valence electrons. The summed E-state index contributed by atoms with van der Waals surface area (Å²) in [5.41, 5.74) is 0. The number of hydrogen-bond acceptors (Lipinski definition) is 7. The molecule has 0 N–H and O–H groups in total. The largest absolute Gasteiger partial charge is 0.329 e. The van der Waals surface area contributed by atoms with Crippen LogP contribution in [0.1, 0.15) is 106 Å². The molecule has 0 amide bonds. The molecule has 0 saturated carbocycles. The van der Waals surface area contributed by atoms with Crippen molar-refractivity contribution in [2.75, 3.05) is 40.0 Å². The van der Waals surface area contributed by atoms with Gasteiger partial charge in [-0.2, -0.15) is 0 Å². The minimum absolute atomic E-state index is 0.00204. The molecule has 0 rings (SSSR count). The third-order valence-electron chi connectivity index (χ3n) is 4.85. The van der Waals surface area contributed by atoms with Crippen molar-refractivity contribution in [1.82, 2.24) is 0 Å². The highest BCUT2D eigenvalue weighted by atomic mass is 16.9. The van der Waals surface area contributed by atoms with Gasteiger partial charge in [-0.1, -0.05) is 52.4 Å². The normalized spacial score (nSPS) is 12.6. The molecule has 0 aromatic heterocycles. The lowest BCUT2D eigenvalue weighted by Gasteiger charge is -2.34. The van der Waals surface area contributed by atoms with Gasteiger partial charge < -0.3 is 33.2 Å². The molecule has 0 aliphatic heterocycles. The average molecular weight is 451 g/mol. The molecule has 0 aromatic carbocycles. The van der Waals surface area contributed by atoms with Gasteiger partial charge in [0.05, 0.1) is 0 Å². The Morgan fingerprint density at radius 2 is 0.774 bits per heavy atom. The zero-order valence-corrected chi connectivity index (χ0v) is 21.2. The van der Waals surface area contributed by atoms with Gasteiger partial charge in [0, 0.05) is 39.3 Å². The molecule has 0 bridgehead atoms. The summed E-state index contributed by atoms with van der Waals surface area (Å²) in [5, 5.41) is 0. The fraction of sp³-hybridized carbons (Fsp3) is 1.00. The minimum atomic E-state index is -1.08. The van der Waals surface area contributed by atoms with Crippen molar-refractivity contribution in [2.45, 2.75) is 118 Å². The smallest absolute Gasteiger partial charge is 0.284 e. The van der Waals surface area contributed by atoms with Crippen molar-refractivity contribution in [3.8, 4) is 0 Å². The van der Waals surface area contributed by atoms with Crippen LogP contribution in [0.5, 0.6) is 0 Å². The van der Waals surface area contributed by atoms with E-state index in [4.69, 9.17) is 33.2 Å². The molecule has 7 nitrogen and oxygen atoms in total. The van der Waals surface area contributed by atoms with Gasteiger partial charge in [-0.3, -0.25) is 0 Å². The average Bonchev–Trinajstić information content (AvgIpc) is 2.75. The van der Waals surface area contributed by atoms with Crippen LogP contribution in [-0.2, 0) is 33.2 Å². The quantitative estimate of drug-likeness (QED) is 0.125. The molecule has 0 radical (unpaired) electrons. The van der Waals surface area contributed by atoms with Gasteiger partial charge in [-0.05, 0) is 40.5 Å². The topological polar surface area (TPSA) is 64.6 Å². The fourth-order valence-corrected chi connectivity index (χ4v) is 3.40. The first kappa shape index (κ1) is 30.7. The molecule has 31 heavy (non-hydrogen) atoms. The SMILES string of the molecule is CCCCCCC(OCC)(OCC)OCOCOC(CCCCCC)(OCC)OCC. The molecule has 0 heterocycles. The molecule has 0 fully saturated rings. The maximum atomic E-state index is 5.91. The standard InChI is InChI=1S/C24H50O7/c1-7-13-15-17-19-23(26-9-3,27-10-4)30-21-25-22-31-24(28-11-5,29-12-6)20-18-16-14-8-2/h7-22H2,1-6H3. The van der Waals surface area contributed by atoms with Crippen LogP contribution in [0, 0.1) is 0 Å². The Morgan fingerprint density at radius 1 is 0.419 bits per heavy atom. The summed E-state index contributed by atoms with van der Waals surface area (Å²) >= 11 is 0. The van der Waals surface area contributed by atoms with Crippen molar-refractivity contribution in [3.05, 3.63) is 0 Å². The Labute approximate surface area is 191 Å². The third kappa shape index (κ3) is 14.5. The summed E-state index contributed by atoms with van der Waals surface area (Å²) in [6.07, 6.45) is 10.2. The van der Waals surface area contributed by atoms with E-state index >= 15 is 0 Å². The highest BCUT2D eigenvalue weighted by molar-refractivity contribution is 4.60. The van der Waals surface area contributed by atoms with Crippen LogP contribution in [-0.4, -0.2) is 52.0 Å². The van der Waals surface area contributed by atoms with Gasteiger partial charge in [-0.15, -0.1) is 0 Å². The van der Waals surface area contributed by atoms with E-state index in [-0.39, 0.29) is 13.6 Å². The van der Waals surface area contributed by atoms with E-state index in [1.165, 1.54) is 25.7 Å². The van der Waals surface area contributed by atoms with E-state index in [9.17, 15) is 0 Å². The predicted octanol–water partition coefficient (Wildman–Crippen LogP) is 6.35. The summed E-state index contributed by atoms with van der Waals surface area (Å²) in [4.78, 5) is 0. The lowest BCUT2D eigenvalue weighted by molar-refractivity contribution is -0.422. The Morgan fingerprint density at radius 3 is 1.06 bits per heavy atom. The van der Waals surface area contributed by atoms with E-state index in [0.29, 0.717) is 39.3 Å². The molecule has 0 aliphatic rings. The molecule has 0 unspecified atom stereocenters. The number of ether oxygens (including phenoxy) is 7. The van der Waals surface area contributed by atoms with Crippen molar-refractivity contribution >= 4 is 0 Å². The Bertz CT molecular complexity index is 333. The van der Waals surface area contributed by atoms with Gasteiger partial charge in [0.15, 0.2) is 13.6 Å². The van der Waals surface area contributed by atoms with Crippen LogP contribution in [0.2, 0.25) is 0 Å². The van der Waals surface area contributed by atoms with Crippen molar-refractivity contribution in [2.24, 2.45) is 0 Å². The first-order valence-corrected chi connectivity index (χ1v) is 12.5. The zero-order chi connectivity index (χ0) is 23.3. The van der Waals surface area contributed by atoms with Crippen LogP contribution in [0.15, 0.2) is 0 Å². The molecule has 7 heteroatoms. The van der Waals surface area contributed by atoms with E-state index in [2.05, 4.69) is 13.8 Å². The first-order valence-electron chi connectivity index (χ1n) is 12.5. The van der Waals surface area contributed by atoms with Gasteiger partial charge in [0.2, 0.25) is 0 Å². The molecule has 0 saturated heterocycles. The van der Waals surface area contributed by atoms with Crippen molar-refractivity contribution < 1.29 is 33.2 Å². The summed E-state index contributed by atoms with van der Waals surface area (Å²) < 4.78 is 40.8. The van der Waals surface area contributed by atoms with Crippen LogP contribution >= 0.6 is 0 Å². The summed E-state index contributed by atoms with van der Waals surface area (Å²) in [7, 11) is 0. The molecular formula is C24H50O7. The van der Waals surface area contributed by atoms with Crippen molar-refractivity contribution in [3.63, 3.8) is 0 Å². The van der Waals surface area contributed by atoms with E-state index in [1.807, 2.05) is 27.7 Å². The third-order valence-corrected chi connectivity index (χ3v) is 4.85. The van der Waals surface area contributed by atoms with E-state index < -0.39 is 11.9 Å². The summed E-state index contributed by atoms with van der Waals surface area (Å²) in [6, 6.07) is 0. The second-order valence-corrected chi connectivity index (χ2v) is 7.45. The maximum Gasteiger partial charge on any atom is 0.284 e. The molecule has 0 atom stereocenters. The number of rotatable bonds is 24. The molecule has 0 aromatic rings. The van der Waals surface area contributed by atoms with Crippen LogP contribution in [0.25, 0.3) is 0 Å². The number of unbranched alkanes of at least 4 members (excludes halogenated alkanes) is 6. The lowest BCUT2D eigenvalue weighted by Crippen LogP contribution is -2.42. The van der Waals surface area contributed by atoms with Gasteiger partial charge in [-0.25, -0.2) is 0 Å². The second kappa shape index (κ2) is 20.3. The molecule has 0 aliphatic carbocycles. The van der Waals surface area contributed by atoms with E-state index in [0.717, 1.165) is 25.7 Å². The fourth-order valence-electron chi connectivity index (χ4n) is 3.40. The predicted molar refractivity (Wildman–Crippen MR) is 122 cm³/mol.